The summed E-state index contributed by atoms with van der Waals surface area (Å²) in [6.07, 6.45) is 0.913. The number of carboxylic acid groups (broad SMARTS) is 1. The molecule has 0 aromatic heterocycles. The van der Waals surface area contributed by atoms with E-state index in [1.807, 2.05) is 27.7 Å². The lowest BCUT2D eigenvalue weighted by molar-refractivity contribution is -0.149. The number of nitrogens with one attached hydrogen (secondary N) is 4. The van der Waals surface area contributed by atoms with Crippen LogP contribution in [0.2, 0.25) is 0 Å². The highest BCUT2D eigenvalue weighted by molar-refractivity contribution is 7.89. The molecule has 0 aliphatic carbocycles. The third-order valence-corrected chi connectivity index (χ3v) is 12.3. The topological polar surface area (TPSA) is 324 Å². The van der Waals surface area contributed by atoms with Crippen LogP contribution in [0.15, 0.2) is 53.4 Å². The van der Waals surface area contributed by atoms with Crippen molar-refractivity contribution in [3.05, 3.63) is 59.7 Å². The molecule has 1 fully saturated rings. The summed E-state index contributed by atoms with van der Waals surface area (Å²) in [4.78, 5) is 105. The van der Waals surface area contributed by atoms with Crippen LogP contribution in [-0.2, 0) is 38.8 Å². The average molecular weight is 900 g/mol. The smallest absolute Gasteiger partial charge is 0.321 e. The number of hydrogen-bond acceptors (Lipinski definition) is 11. The van der Waals surface area contributed by atoms with Gasteiger partial charge in [0.2, 0.25) is 45.5 Å². The highest BCUT2D eigenvalue weighted by Crippen LogP contribution is 2.26. The molecule has 7 amide bonds. The SMILES string of the molecule is CC[C@H](C)[C@@H](C(=O)N1CCC[C@H]1CC(N)=O)N(C)C(=O)[C@H](CC(C)C)NC(=O)[C@H](CCN)NC(=O)CC[C@@H](NS(=O)(=O)c1ccc(NC(=O)c2ccc(C(N)=O)cc2)cc1)C(=O)O. The highest BCUT2D eigenvalue weighted by Gasteiger charge is 2.41. The lowest BCUT2D eigenvalue weighted by Crippen LogP contribution is -2.59. The Morgan fingerprint density at radius 2 is 1.49 bits per heavy atom. The molecule has 1 saturated heterocycles. The molecule has 1 heterocycles. The van der Waals surface area contributed by atoms with Gasteiger partial charge in [0, 0.05) is 49.3 Å². The zero-order valence-electron chi connectivity index (χ0n) is 36.3. The number of sulfonamides is 1. The molecule has 0 bridgehead atoms. The van der Waals surface area contributed by atoms with Gasteiger partial charge in [0.1, 0.15) is 24.2 Å². The minimum absolute atomic E-state index is 0.00227. The number of amides is 7. The lowest BCUT2D eigenvalue weighted by Gasteiger charge is -2.38. The van der Waals surface area contributed by atoms with Crippen molar-refractivity contribution in [2.75, 3.05) is 25.5 Å². The number of nitrogens with zero attached hydrogens (tertiary/aromatic N) is 2. The van der Waals surface area contributed by atoms with Gasteiger partial charge in [-0.15, -0.1) is 0 Å². The monoisotopic (exact) mass is 899 g/mol. The summed E-state index contributed by atoms with van der Waals surface area (Å²) in [5.41, 5.74) is 17.1. The first-order valence-electron chi connectivity index (χ1n) is 20.8. The normalized spacial score (nSPS) is 16.2. The van der Waals surface area contributed by atoms with Gasteiger partial charge in [-0.1, -0.05) is 34.1 Å². The first-order valence-corrected chi connectivity index (χ1v) is 22.3. The Hall–Kier alpha value is -5.93. The Kier molecular flexibility index (Phi) is 19.2. The predicted molar refractivity (Wildman–Crippen MR) is 232 cm³/mol. The standard InChI is InChI=1S/C42H61N9O11S/c1-6-25(4)36(41(58)51-21-7-8-29(51)23-34(44)52)50(5)40(57)33(22-24(2)3)48-39(56)31(19-20-43)47-35(53)18-17-32(42(59)60)49-63(61,62)30-15-13-28(14-16-30)46-38(55)27-11-9-26(10-12-27)37(45)54/h9-16,24-25,29,31-33,36,49H,6-8,17-23,43H2,1-5H3,(H2,44,52)(H2,45,54)(H,46,55)(H,47,53)(H,48,56)(H,59,60)/t25-,29-,31-,32+,33-,36-/m0/s1. The minimum atomic E-state index is -4.46. The fourth-order valence-electron chi connectivity index (χ4n) is 7.27. The molecule has 3 rings (SSSR count). The van der Waals surface area contributed by atoms with E-state index in [0.29, 0.717) is 25.8 Å². The molecule has 2 aromatic rings. The number of likely N-dealkylation sites (tertiary alicyclic amines) is 1. The van der Waals surface area contributed by atoms with Crippen LogP contribution in [0.4, 0.5) is 5.69 Å². The van der Waals surface area contributed by atoms with Crippen LogP contribution in [0.5, 0.6) is 0 Å². The second-order valence-corrected chi connectivity index (χ2v) is 17.9. The van der Waals surface area contributed by atoms with E-state index in [-0.39, 0.29) is 71.3 Å². The van der Waals surface area contributed by atoms with Crippen molar-refractivity contribution in [3.63, 3.8) is 0 Å². The number of carbonyl (C=O) groups is 8. The number of hydrogen-bond donors (Lipinski definition) is 8. The van der Waals surface area contributed by atoms with Gasteiger partial charge in [-0.3, -0.25) is 38.4 Å². The van der Waals surface area contributed by atoms with E-state index in [0.717, 1.165) is 12.1 Å². The van der Waals surface area contributed by atoms with Gasteiger partial charge in [-0.25, -0.2) is 8.42 Å². The zero-order valence-corrected chi connectivity index (χ0v) is 37.1. The summed E-state index contributed by atoms with van der Waals surface area (Å²) in [6, 6.07) is 4.97. The van der Waals surface area contributed by atoms with Gasteiger partial charge >= 0.3 is 5.97 Å². The van der Waals surface area contributed by atoms with Crippen LogP contribution in [0.25, 0.3) is 0 Å². The first-order chi connectivity index (χ1) is 29.6. The van der Waals surface area contributed by atoms with E-state index in [9.17, 15) is 51.9 Å². The molecule has 1 aliphatic heterocycles. The van der Waals surface area contributed by atoms with Gasteiger partial charge in [0.25, 0.3) is 5.91 Å². The van der Waals surface area contributed by atoms with E-state index < -0.39 is 88.4 Å². The Labute approximate surface area is 367 Å². The van der Waals surface area contributed by atoms with Gasteiger partial charge in [0.05, 0.1) is 4.90 Å². The third kappa shape index (κ3) is 14.8. The Bertz CT molecular complexity index is 2080. The fourth-order valence-corrected chi connectivity index (χ4v) is 8.50. The van der Waals surface area contributed by atoms with E-state index in [1.54, 1.807) is 4.90 Å². The van der Waals surface area contributed by atoms with E-state index >= 15 is 0 Å². The summed E-state index contributed by atoms with van der Waals surface area (Å²) in [7, 11) is -2.96. The third-order valence-electron chi connectivity index (χ3n) is 10.8. The van der Waals surface area contributed by atoms with Crippen molar-refractivity contribution < 1.29 is 51.9 Å². The van der Waals surface area contributed by atoms with E-state index in [4.69, 9.17) is 17.2 Å². The molecular weight excluding hydrogens is 839 g/mol. The summed E-state index contributed by atoms with van der Waals surface area (Å²) >= 11 is 0. The molecule has 346 valence electrons. The predicted octanol–water partition coefficient (Wildman–Crippen LogP) is 0.654. The molecule has 0 radical (unpaired) electrons. The second kappa shape index (κ2) is 23.5. The van der Waals surface area contributed by atoms with Crippen molar-refractivity contribution >= 4 is 63.0 Å². The minimum Gasteiger partial charge on any atom is -0.480 e. The van der Waals surface area contributed by atoms with E-state index in [2.05, 4.69) is 20.7 Å². The Morgan fingerprint density at radius 1 is 0.873 bits per heavy atom. The van der Waals surface area contributed by atoms with Gasteiger partial charge in [-0.2, -0.15) is 4.72 Å². The summed E-state index contributed by atoms with van der Waals surface area (Å²) < 4.78 is 28.4. The van der Waals surface area contributed by atoms with Gasteiger partial charge in [0.15, 0.2) is 0 Å². The summed E-state index contributed by atoms with van der Waals surface area (Å²) in [5.74, 6) is -6.11. The number of primary amides is 2. The number of benzene rings is 2. The fraction of sp³-hybridized carbons (Fsp3) is 0.524. The van der Waals surface area contributed by atoms with Crippen molar-refractivity contribution in [2.45, 2.75) is 114 Å². The summed E-state index contributed by atoms with van der Waals surface area (Å²) in [5, 5.41) is 17.7. The zero-order chi connectivity index (χ0) is 47.2. The maximum absolute atomic E-state index is 14.2. The van der Waals surface area contributed by atoms with Crippen LogP contribution in [0.3, 0.4) is 0 Å². The van der Waals surface area contributed by atoms with Crippen molar-refractivity contribution in [1.29, 1.82) is 0 Å². The molecule has 1 aliphatic rings. The van der Waals surface area contributed by atoms with Gasteiger partial charge in [-0.05, 0) is 99.0 Å². The number of carbonyl (C=O) groups excluding carboxylic acids is 7. The molecule has 0 spiro atoms. The number of nitrogens with two attached hydrogens (primary N) is 3. The maximum atomic E-state index is 14.2. The van der Waals surface area contributed by atoms with Crippen LogP contribution >= 0.6 is 0 Å². The van der Waals surface area contributed by atoms with Crippen molar-refractivity contribution in [2.24, 2.45) is 29.0 Å². The molecule has 63 heavy (non-hydrogen) atoms. The largest absolute Gasteiger partial charge is 0.480 e. The molecule has 0 saturated carbocycles. The molecule has 21 heteroatoms. The summed E-state index contributed by atoms with van der Waals surface area (Å²) in [6.45, 7) is 7.78. The first kappa shape index (κ1) is 51.4. The molecule has 6 atom stereocenters. The number of carboxylic acids is 1. The van der Waals surface area contributed by atoms with Crippen LogP contribution in [-0.4, -0.2) is 121 Å². The maximum Gasteiger partial charge on any atom is 0.321 e. The number of aliphatic carboxylic acids is 1. The quantitative estimate of drug-likeness (QED) is 0.0721. The molecule has 11 N–H and O–H groups in total. The van der Waals surface area contributed by atoms with Crippen molar-refractivity contribution in [1.82, 2.24) is 25.2 Å². The Morgan fingerprint density at radius 3 is 2.03 bits per heavy atom. The highest BCUT2D eigenvalue weighted by atomic mass is 32.2. The number of anilines is 1. The molecule has 20 nitrogen and oxygen atoms in total. The lowest BCUT2D eigenvalue weighted by atomic mass is 9.94. The molecule has 0 unspecified atom stereocenters. The van der Waals surface area contributed by atoms with Crippen LogP contribution in [0.1, 0.15) is 99.8 Å². The van der Waals surface area contributed by atoms with Crippen LogP contribution in [0, 0.1) is 11.8 Å². The second-order valence-electron chi connectivity index (χ2n) is 16.1. The van der Waals surface area contributed by atoms with Crippen molar-refractivity contribution in [3.8, 4) is 0 Å². The Balaban J connectivity index is 1.67. The number of likely N-dealkylation sites (N-methyl/N-ethyl adjacent to an activating group) is 1. The van der Waals surface area contributed by atoms with E-state index in [1.165, 1.54) is 48.3 Å². The molecule has 2 aromatic carbocycles. The average Bonchev–Trinajstić information content (AvgIpc) is 3.68. The van der Waals surface area contributed by atoms with Gasteiger partial charge < -0.3 is 48.1 Å². The molecular formula is C42H61N9O11S. The van der Waals surface area contributed by atoms with Crippen LogP contribution < -0.4 is 37.9 Å². The number of rotatable bonds is 24.